The van der Waals surface area contributed by atoms with Crippen molar-refractivity contribution in [2.45, 2.75) is 24.8 Å². The molecule has 0 bridgehead atoms. The summed E-state index contributed by atoms with van der Waals surface area (Å²) in [5.41, 5.74) is 2.19. The van der Waals surface area contributed by atoms with Gasteiger partial charge in [0.15, 0.2) is 6.19 Å². The highest BCUT2D eigenvalue weighted by Crippen LogP contribution is 2.33. The number of amides is 2. The van der Waals surface area contributed by atoms with E-state index in [4.69, 9.17) is 4.74 Å². The SMILES string of the molecule is N#CN(C(=O)C(CNC(=O)c1ccc(N2CCOCC2)cc1)c1cc(I)c(O)c(I)c1)C1CC1. The van der Waals surface area contributed by atoms with Crippen molar-refractivity contribution in [3.63, 3.8) is 0 Å². The molecular formula is C24H24I2N4O4. The molecule has 0 spiro atoms. The van der Waals surface area contributed by atoms with Crippen LogP contribution in [0.5, 0.6) is 5.75 Å². The summed E-state index contributed by atoms with van der Waals surface area (Å²) in [4.78, 5) is 29.6. The Morgan fingerprint density at radius 3 is 2.35 bits per heavy atom. The number of hydrogen-bond acceptors (Lipinski definition) is 6. The van der Waals surface area contributed by atoms with Crippen molar-refractivity contribution in [2.24, 2.45) is 0 Å². The summed E-state index contributed by atoms with van der Waals surface area (Å²) in [5.74, 6) is -1.21. The maximum atomic E-state index is 13.3. The van der Waals surface area contributed by atoms with Crippen LogP contribution < -0.4 is 10.2 Å². The molecule has 178 valence electrons. The van der Waals surface area contributed by atoms with E-state index in [1.165, 1.54) is 4.90 Å². The number of rotatable bonds is 7. The van der Waals surface area contributed by atoms with Crippen molar-refractivity contribution in [1.82, 2.24) is 10.2 Å². The van der Waals surface area contributed by atoms with E-state index in [0.717, 1.165) is 31.6 Å². The van der Waals surface area contributed by atoms with Gasteiger partial charge in [0, 0.05) is 36.9 Å². The monoisotopic (exact) mass is 686 g/mol. The lowest BCUT2D eigenvalue weighted by atomic mass is 9.97. The third kappa shape index (κ3) is 5.75. The van der Waals surface area contributed by atoms with Gasteiger partial charge in [-0.3, -0.25) is 9.59 Å². The summed E-state index contributed by atoms with van der Waals surface area (Å²) in [5, 5.41) is 22.6. The molecule has 1 aliphatic heterocycles. The molecule has 1 saturated heterocycles. The summed E-state index contributed by atoms with van der Waals surface area (Å²) in [7, 11) is 0. The highest BCUT2D eigenvalue weighted by atomic mass is 127. The molecule has 1 unspecified atom stereocenters. The summed E-state index contributed by atoms with van der Waals surface area (Å²) >= 11 is 4.03. The fourth-order valence-corrected chi connectivity index (χ4v) is 5.70. The minimum Gasteiger partial charge on any atom is -0.506 e. The number of carbonyl (C=O) groups is 2. The maximum absolute atomic E-state index is 13.3. The first-order chi connectivity index (χ1) is 16.4. The van der Waals surface area contributed by atoms with Crippen molar-refractivity contribution in [2.75, 3.05) is 37.7 Å². The lowest BCUT2D eigenvalue weighted by molar-refractivity contribution is -0.130. The minimum atomic E-state index is -0.737. The molecule has 1 aliphatic carbocycles. The molecule has 0 radical (unpaired) electrons. The zero-order chi connectivity index (χ0) is 24.2. The van der Waals surface area contributed by atoms with Crippen molar-refractivity contribution >= 4 is 62.7 Å². The van der Waals surface area contributed by atoms with Gasteiger partial charge in [0.2, 0.25) is 5.91 Å². The Kier molecular flexibility index (Phi) is 8.15. The van der Waals surface area contributed by atoms with Crippen LogP contribution in [0.15, 0.2) is 36.4 Å². The van der Waals surface area contributed by atoms with Crippen LogP contribution in [-0.2, 0) is 9.53 Å². The number of aromatic hydroxyl groups is 1. The first kappa shape index (κ1) is 25.0. The van der Waals surface area contributed by atoms with Crippen molar-refractivity contribution in [1.29, 1.82) is 5.26 Å². The zero-order valence-corrected chi connectivity index (χ0v) is 22.7. The number of phenolic OH excluding ortho intramolecular Hbond substituents is 1. The first-order valence-electron chi connectivity index (χ1n) is 11.0. The van der Waals surface area contributed by atoms with Gasteiger partial charge < -0.3 is 20.1 Å². The second-order valence-electron chi connectivity index (χ2n) is 8.28. The van der Waals surface area contributed by atoms with Gasteiger partial charge >= 0.3 is 0 Å². The molecule has 2 aliphatic rings. The third-order valence-electron chi connectivity index (χ3n) is 5.97. The molecule has 2 fully saturated rings. The topological polar surface area (TPSA) is 106 Å². The molecule has 2 aromatic carbocycles. The maximum Gasteiger partial charge on any atom is 0.251 e. The van der Waals surface area contributed by atoms with Crippen LogP contribution in [0.1, 0.15) is 34.7 Å². The molecule has 2 aromatic rings. The Labute approximate surface area is 225 Å². The minimum absolute atomic E-state index is 0.0463. The van der Waals surface area contributed by atoms with Gasteiger partial charge in [-0.2, -0.15) is 5.26 Å². The molecule has 2 N–H and O–H groups in total. The lowest BCUT2D eigenvalue weighted by Gasteiger charge is -2.28. The third-order valence-corrected chi connectivity index (χ3v) is 7.61. The van der Waals surface area contributed by atoms with Crippen LogP contribution in [-0.4, -0.2) is 60.7 Å². The second kappa shape index (κ2) is 11.1. The molecule has 1 saturated carbocycles. The lowest BCUT2D eigenvalue weighted by Crippen LogP contribution is -2.39. The molecule has 34 heavy (non-hydrogen) atoms. The number of halogens is 2. The quantitative estimate of drug-likeness (QED) is 0.263. The number of morpholine rings is 1. The summed E-state index contributed by atoms with van der Waals surface area (Å²) < 4.78 is 6.60. The van der Waals surface area contributed by atoms with Crippen molar-refractivity contribution in [3.8, 4) is 11.9 Å². The van der Waals surface area contributed by atoms with E-state index in [1.807, 2.05) is 63.5 Å². The molecule has 8 nitrogen and oxygen atoms in total. The predicted octanol–water partition coefficient (Wildman–Crippen LogP) is 3.42. The summed E-state index contributed by atoms with van der Waals surface area (Å²) in [6.07, 6.45) is 3.62. The Morgan fingerprint density at radius 1 is 1.18 bits per heavy atom. The highest BCUT2D eigenvalue weighted by Gasteiger charge is 2.37. The molecule has 1 heterocycles. The fraction of sp³-hybridized carbons (Fsp3) is 0.375. The number of hydrogen-bond donors (Lipinski definition) is 2. The van der Waals surface area contributed by atoms with Crippen molar-refractivity contribution in [3.05, 3.63) is 54.7 Å². The normalized spacial score (nSPS) is 16.4. The number of nitrogens with zero attached hydrogens (tertiary/aromatic N) is 3. The molecule has 0 aromatic heterocycles. The molecule has 4 rings (SSSR count). The average molecular weight is 686 g/mol. The van der Waals surface area contributed by atoms with Gasteiger partial charge in [0.1, 0.15) is 5.75 Å². The van der Waals surface area contributed by atoms with Crippen LogP contribution in [0, 0.1) is 18.6 Å². The number of benzene rings is 2. The Morgan fingerprint density at radius 2 is 1.79 bits per heavy atom. The van der Waals surface area contributed by atoms with Gasteiger partial charge in [0.25, 0.3) is 5.91 Å². The van der Waals surface area contributed by atoms with Crippen LogP contribution in [0.3, 0.4) is 0 Å². The summed E-state index contributed by atoms with van der Waals surface area (Å²) in [6, 6.07) is 10.8. The van der Waals surface area contributed by atoms with Gasteiger partial charge in [-0.1, -0.05) is 0 Å². The number of nitrogens with one attached hydrogen (secondary N) is 1. The molecule has 10 heteroatoms. The first-order valence-corrected chi connectivity index (χ1v) is 13.2. The Balaban J connectivity index is 1.50. The fourth-order valence-electron chi connectivity index (χ4n) is 3.89. The van der Waals surface area contributed by atoms with E-state index in [1.54, 1.807) is 24.3 Å². The van der Waals surface area contributed by atoms with Crippen molar-refractivity contribution < 1.29 is 19.4 Å². The van der Waals surface area contributed by atoms with Gasteiger partial charge in [0.05, 0.1) is 26.3 Å². The summed E-state index contributed by atoms with van der Waals surface area (Å²) in [6.45, 7) is 3.05. The zero-order valence-electron chi connectivity index (χ0n) is 18.3. The van der Waals surface area contributed by atoms with E-state index < -0.39 is 5.92 Å². The van der Waals surface area contributed by atoms with Crippen LogP contribution in [0.4, 0.5) is 5.69 Å². The van der Waals surface area contributed by atoms with E-state index in [2.05, 4.69) is 10.2 Å². The largest absolute Gasteiger partial charge is 0.506 e. The van der Waals surface area contributed by atoms with Crippen LogP contribution in [0.25, 0.3) is 0 Å². The number of carbonyl (C=O) groups excluding carboxylic acids is 2. The highest BCUT2D eigenvalue weighted by molar-refractivity contribution is 14.1. The Bertz CT molecular complexity index is 1090. The number of anilines is 1. The van der Waals surface area contributed by atoms with Gasteiger partial charge in [-0.15, -0.1) is 0 Å². The number of phenols is 1. The molecular weight excluding hydrogens is 662 g/mol. The number of ether oxygens (including phenoxy) is 1. The van der Waals surface area contributed by atoms with E-state index >= 15 is 0 Å². The van der Waals surface area contributed by atoms with Crippen LogP contribution in [0.2, 0.25) is 0 Å². The second-order valence-corrected chi connectivity index (χ2v) is 10.6. The predicted molar refractivity (Wildman–Crippen MR) is 144 cm³/mol. The van der Waals surface area contributed by atoms with Gasteiger partial charge in [-0.05, 0) is 100.0 Å². The van der Waals surface area contributed by atoms with Crippen LogP contribution >= 0.6 is 45.2 Å². The van der Waals surface area contributed by atoms with E-state index in [9.17, 15) is 20.0 Å². The standard InChI is InChI=1S/C24H24I2N4O4/c25-20-11-16(12-21(26)22(20)31)19(24(33)30(14-27)18-5-6-18)13-28-23(32)15-1-3-17(4-2-15)29-7-9-34-10-8-29/h1-4,11-12,18-19,31H,5-10,13H2,(H,28,32). The smallest absolute Gasteiger partial charge is 0.251 e. The van der Waals surface area contributed by atoms with E-state index in [0.29, 0.717) is 31.5 Å². The molecule has 1 atom stereocenters. The van der Waals surface area contributed by atoms with Gasteiger partial charge in [-0.25, -0.2) is 4.90 Å². The molecule has 2 amide bonds. The number of nitriles is 1. The van der Waals surface area contributed by atoms with E-state index in [-0.39, 0.29) is 30.2 Å². The average Bonchev–Trinajstić information content (AvgIpc) is 3.69. The Hall–Kier alpha value is -2.11.